The molecule has 0 aromatic carbocycles. The Morgan fingerprint density at radius 1 is 1.41 bits per heavy atom. The average Bonchev–Trinajstić information content (AvgIpc) is 2.26. The van der Waals surface area contributed by atoms with E-state index in [1.807, 2.05) is 6.26 Å². The second kappa shape index (κ2) is 8.62. The summed E-state index contributed by atoms with van der Waals surface area (Å²) in [5.41, 5.74) is 0. The summed E-state index contributed by atoms with van der Waals surface area (Å²) in [5.74, 6) is -1.15. The van der Waals surface area contributed by atoms with Crippen molar-refractivity contribution >= 4 is 33.5 Å². The molecule has 0 aromatic heterocycles. The molecule has 1 amide bonds. The van der Waals surface area contributed by atoms with Crippen LogP contribution in [-0.4, -0.2) is 59.3 Å². The quantitative estimate of drug-likeness (QED) is 0.447. The number of carboxylic acid groups (broad SMARTS) is 1. The molecular formula is C9H18N2O4S2. The molecule has 4 N–H and O–H groups in total. The van der Waals surface area contributed by atoms with Crippen molar-refractivity contribution in [3.8, 4) is 0 Å². The summed E-state index contributed by atoms with van der Waals surface area (Å²) in [6.07, 6.45) is 0.757. The molecule has 3 atom stereocenters. The fourth-order valence-corrected chi connectivity index (χ4v) is 2.48. The normalized spacial score (nSPS) is 16.0. The summed E-state index contributed by atoms with van der Waals surface area (Å²) < 4.78 is 0. The first-order chi connectivity index (χ1) is 7.93. The van der Waals surface area contributed by atoms with Gasteiger partial charge in [-0.05, 0) is 20.2 Å². The van der Waals surface area contributed by atoms with Crippen LogP contribution in [0, 0.1) is 0 Å². The minimum atomic E-state index is -1.28. The molecular weight excluding hydrogens is 264 g/mol. The van der Waals surface area contributed by atoms with Crippen LogP contribution in [0.3, 0.4) is 0 Å². The number of carbonyl (C=O) groups excluding carboxylic acids is 1. The largest absolute Gasteiger partial charge is 0.480 e. The molecule has 8 heteroatoms. The molecule has 0 saturated carbocycles. The van der Waals surface area contributed by atoms with E-state index < -0.39 is 30.1 Å². The lowest BCUT2D eigenvalue weighted by Gasteiger charge is -2.21. The summed E-state index contributed by atoms with van der Waals surface area (Å²) in [4.78, 5) is 22.5. The molecule has 0 rings (SSSR count). The Labute approximate surface area is 108 Å². The second-order valence-corrected chi connectivity index (χ2v) is 5.97. The van der Waals surface area contributed by atoms with Crippen LogP contribution in [0.4, 0.5) is 0 Å². The van der Waals surface area contributed by atoms with E-state index in [0.29, 0.717) is 5.75 Å². The maximum Gasteiger partial charge on any atom is 0.328 e. The van der Waals surface area contributed by atoms with Gasteiger partial charge < -0.3 is 20.8 Å². The second-order valence-electron chi connectivity index (χ2n) is 3.36. The standard InChI is InChI=1S/C9H18N2O4S2/c1-5(12)7(9(14)15)11-8(13)6(10-2)4-17-16-3/h5-7,10,12H,4H2,1-3H3,(H,11,13)(H,14,15)/t5-,6+,7+/m1/s1. The predicted molar refractivity (Wildman–Crippen MR) is 70.1 cm³/mol. The van der Waals surface area contributed by atoms with Crippen LogP contribution in [0.5, 0.6) is 0 Å². The van der Waals surface area contributed by atoms with Crippen LogP contribution in [0.2, 0.25) is 0 Å². The van der Waals surface area contributed by atoms with E-state index in [1.54, 1.807) is 7.05 Å². The molecule has 0 aromatic rings. The minimum Gasteiger partial charge on any atom is -0.480 e. The molecule has 0 unspecified atom stereocenters. The van der Waals surface area contributed by atoms with E-state index in [-0.39, 0.29) is 0 Å². The Kier molecular flexibility index (Phi) is 8.40. The maximum absolute atomic E-state index is 11.7. The number of carboxylic acids is 1. The monoisotopic (exact) mass is 282 g/mol. The minimum absolute atomic E-state index is 0.428. The molecule has 0 fully saturated rings. The van der Waals surface area contributed by atoms with Crippen molar-refractivity contribution in [3.63, 3.8) is 0 Å². The molecule has 0 heterocycles. The van der Waals surface area contributed by atoms with Gasteiger partial charge in [-0.2, -0.15) is 0 Å². The van der Waals surface area contributed by atoms with E-state index >= 15 is 0 Å². The number of aliphatic carboxylic acids is 1. The Balaban J connectivity index is 4.41. The van der Waals surface area contributed by atoms with Gasteiger partial charge in [0.1, 0.15) is 0 Å². The van der Waals surface area contributed by atoms with Crippen molar-refractivity contribution in [1.82, 2.24) is 10.6 Å². The van der Waals surface area contributed by atoms with Crippen LogP contribution in [0.25, 0.3) is 0 Å². The number of hydrogen-bond acceptors (Lipinski definition) is 6. The highest BCUT2D eigenvalue weighted by atomic mass is 33.1. The number of likely N-dealkylation sites (N-methyl/N-ethyl adjacent to an activating group) is 1. The Hall–Kier alpha value is -0.440. The lowest BCUT2D eigenvalue weighted by Crippen LogP contribution is -2.54. The van der Waals surface area contributed by atoms with Crippen molar-refractivity contribution in [2.45, 2.75) is 25.1 Å². The first kappa shape index (κ1) is 16.6. The molecule has 0 saturated heterocycles. The molecule has 0 aliphatic carbocycles. The first-order valence-electron chi connectivity index (χ1n) is 4.98. The lowest BCUT2D eigenvalue weighted by atomic mass is 10.1. The highest BCUT2D eigenvalue weighted by molar-refractivity contribution is 8.76. The van der Waals surface area contributed by atoms with Gasteiger partial charge in [0.2, 0.25) is 5.91 Å². The van der Waals surface area contributed by atoms with Crippen molar-refractivity contribution in [1.29, 1.82) is 0 Å². The van der Waals surface area contributed by atoms with Crippen molar-refractivity contribution in [3.05, 3.63) is 0 Å². The molecule has 0 bridgehead atoms. The smallest absolute Gasteiger partial charge is 0.328 e. The number of aliphatic hydroxyl groups excluding tert-OH is 1. The molecule has 17 heavy (non-hydrogen) atoms. The third-order valence-electron chi connectivity index (χ3n) is 2.06. The van der Waals surface area contributed by atoms with Gasteiger partial charge in [0.15, 0.2) is 6.04 Å². The average molecular weight is 282 g/mol. The van der Waals surface area contributed by atoms with Gasteiger partial charge in [0.25, 0.3) is 0 Å². The van der Waals surface area contributed by atoms with Crippen LogP contribution in [-0.2, 0) is 9.59 Å². The molecule has 0 spiro atoms. The van der Waals surface area contributed by atoms with Crippen LogP contribution in [0.1, 0.15) is 6.92 Å². The van der Waals surface area contributed by atoms with E-state index in [2.05, 4.69) is 10.6 Å². The van der Waals surface area contributed by atoms with E-state index in [9.17, 15) is 14.7 Å². The molecule has 0 aliphatic heterocycles. The highest BCUT2D eigenvalue weighted by Gasteiger charge is 2.27. The summed E-state index contributed by atoms with van der Waals surface area (Å²) in [6, 6.07) is -1.76. The number of rotatable bonds is 8. The number of aliphatic hydroxyl groups is 1. The zero-order valence-corrected chi connectivity index (χ0v) is 11.6. The van der Waals surface area contributed by atoms with Crippen LogP contribution in [0.15, 0.2) is 0 Å². The third kappa shape index (κ3) is 6.16. The summed E-state index contributed by atoms with van der Waals surface area (Å²) in [5, 5.41) is 23.2. The summed E-state index contributed by atoms with van der Waals surface area (Å²) >= 11 is 0. The molecule has 100 valence electrons. The summed E-state index contributed by atoms with van der Waals surface area (Å²) in [6.45, 7) is 1.32. The third-order valence-corrected chi connectivity index (χ3v) is 3.88. The van der Waals surface area contributed by atoms with Gasteiger partial charge in [-0.15, -0.1) is 0 Å². The van der Waals surface area contributed by atoms with E-state index in [1.165, 1.54) is 28.5 Å². The number of carbonyl (C=O) groups is 2. The van der Waals surface area contributed by atoms with Gasteiger partial charge in [-0.1, -0.05) is 21.6 Å². The zero-order chi connectivity index (χ0) is 13.4. The van der Waals surface area contributed by atoms with Gasteiger partial charge in [0, 0.05) is 5.75 Å². The van der Waals surface area contributed by atoms with Gasteiger partial charge in [-0.25, -0.2) is 4.79 Å². The number of amides is 1. The van der Waals surface area contributed by atoms with Gasteiger partial charge in [0.05, 0.1) is 12.1 Å². The Morgan fingerprint density at radius 2 is 2.00 bits per heavy atom. The molecule has 0 aliphatic rings. The SMILES string of the molecule is CN[C@@H](CSSC)C(=O)N[C@H](C(=O)O)[C@@H](C)O. The van der Waals surface area contributed by atoms with Crippen LogP contribution >= 0.6 is 21.6 Å². The van der Waals surface area contributed by atoms with Crippen molar-refractivity contribution < 1.29 is 19.8 Å². The van der Waals surface area contributed by atoms with Gasteiger partial charge in [-0.3, -0.25) is 4.79 Å². The molecule has 6 nitrogen and oxygen atoms in total. The van der Waals surface area contributed by atoms with Crippen molar-refractivity contribution in [2.75, 3.05) is 19.1 Å². The number of hydrogen-bond donors (Lipinski definition) is 4. The van der Waals surface area contributed by atoms with E-state index in [0.717, 1.165) is 0 Å². The predicted octanol–water partition coefficient (Wildman–Crippen LogP) is -0.464. The highest BCUT2D eigenvalue weighted by Crippen LogP contribution is 2.17. The maximum atomic E-state index is 11.7. The first-order valence-corrected chi connectivity index (χ1v) is 7.70. The molecule has 0 radical (unpaired) electrons. The Morgan fingerprint density at radius 3 is 2.35 bits per heavy atom. The lowest BCUT2D eigenvalue weighted by molar-refractivity contribution is -0.145. The Bertz CT molecular complexity index is 263. The summed E-state index contributed by atoms with van der Waals surface area (Å²) in [7, 11) is 4.65. The fourth-order valence-electron chi connectivity index (χ4n) is 1.07. The van der Waals surface area contributed by atoms with E-state index in [4.69, 9.17) is 5.11 Å². The topological polar surface area (TPSA) is 98.7 Å². The van der Waals surface area contributed by atoms with Gasteiger partial charge >= 0.3 is 5.97 Å². The van der Waals surface area contributed by atoms with Crippen molar-refractivity contribution in [2.24, 2.45) is 0 Å². The number of nitrogens with one attached hydrogen (secondary N) is 2. The van der Waals surface area contributed by atoms with Crippen LogP contribution < -0.4 is 10.6 Å². The zero-order valence-electron chi connectivity index (χ0n) is 9.97. The fraction of sp³-hybridized carbons (Fsp3) is 0.778.